The van der Waals surface area contributed by atoms with Crippen LogP contribution in [0.25, 0.3) is 11.3 Å². The van der Waals surface area contributed by atoms with E-state index < -0.39 is 48.7 Å². The molecular formula is C28H24ClF4N3O5. The number of carbonyl (C=O) groups is 3. The number of β-amino-alcohol motifs (C(OH)–C–C–N with tert-alkyl or cyclic N) is 1. The summed E-state index contributed by atoms with van der Waals surface area (Å²) in [7, 11) is 0. The van der Waals surface area contributed by atoms with Gasteiger partial charge in [-0.3, -0.25) is 9.59 Å². The minimum atomic E-state index is -4.47. The minimum Gasteiger partial charge on any atom is -0.478 e. The lowest BCUT2D eigenvalue weighted by atomic mass is 9.84. The van der Waals surface area contributed by atoms with Crippen molar-refractivity contribution in [3.63, 3.8) is 0 Å². The van der Waals surface area contributed by atoms with Crippen molar-refractivity contribution in [2.24, 2.45) is 5.92 Å². The molecule has 41 heavy (non-hydrogen) atoms. The second-order valence-electron chi connectivity index (χ2n) is 10.2. The van der Waals surface area contributed by atoms with Crippen LogP contribution in [-0.2, 0) is 24.1 Å². The van der Waals surface area contributed by atoms with Crippen molar-refractivity contribution in [3.8, 4) is 11.3 Å². The van der Waals surface area contributed by atoms with E-state index in [0.717, 1.165) is 10.7 Å². The summed E-state index contributed by atoms with van der Waals surface area (Å²) in [5.74, 6) is -3.84. The molecule has 5 rings (SSSR count). The van der Waals surface area contributed by atoms with Gasteiger partial charge in [-0.25, -0.2) is 9.18 Å². The molecule has 1 unspecified atom stereocenters. The molecule has 0 spiro atoms. The number of alkyl halides is 3. The van der Waals surface area contributed by atoms with E-state index in [-0.39, 0.29) is 64.8 Å². The molecule has 216 valence electrons. The number of carbonyl (C=O) groups excluding carboxylic acids is 2. The van der Waals surface area contributed by atoms with E-state index in [9.17, 15) is 37.8 Å². The Bertz CT molecular complexity index is 1550. The molecule has 1 aliphatic carbocycles. The molecule has 1 amide bonds. The highest BCUT2D eigenvalue weighted by Crippen LogP contribution is 2.37. The van der Waals surface area contributed by atoms with E-state index in [2.05, 4.69) is 5.10 Å². The summed E-state index contributed by atoms with van der Waals surface area (Å²) in [5, 5.41) is 23.1. The van der Waals surface area contributed by atoms with E-state index in [1.54, 1.807) is 0 Å². The fourth-order valence-corrected chi connectivity index (χ4v) is 5.61. The Labute approximate surface area is 236 Å². The maximum Gasteiger partial charge on any atom is 0.389 e. The van der Waals surface area contributed by atoms with Crippen molar-refractivity contribution in [1.82, 2.24) is 14.7 Å². The first kappa shape index (κ1) is 28.7. The summed E-state index contributed by atoms with van der Waals surface area (Å²) in [6.07, 6.45) is -6.16. The SMILES string of the molecule is O=C(O)c1ccc(-c2nn(C(=O)c3c(Cl)cccc3CCC(F)(F)F)c3c2CCC(C(=O)N2CC(O)C2)C3)c(F)c1. The molecule has 1 atom stereocenters. The number of carboxylic acids is 1. The minimum absolute atomic E-state index is 0.0384. The Hall–Kier alpha value is -3.77. The van der Waals surface area contributed by atoms with Gasteiger partial charge in [-0.1, -0.05) is 23.7 Å². The molecule has 1 fully saturated rings. The van der Waals surface area contributed by atoms with Gasteiger partial charge < -0.3 is 15.1 Å². The van der Waals surface area contributed by atoms with Gasteiger partial charge in [-0.05, 0) is 49.1 Å². The lowest BCUT2D eigenvalue weighted by Gasteiger charge is -2.39. The molecular weight excluding hydrogens is 570 g/mol. The van der Waals surface area contributed by atoms with Gasteiger partial charge in [-0.2, -0.15) is 23.0 Å². The molecule has 0 radical (unpaired) electrons. The largest absolute Gasteiger partial charge is 0.478 e. The number of hydrogen-bond acceptors (Lipinski definition) is 5. The van der Waals surface area contributed by atoms with Crippen LogP contribution in [0.3, 0.4) is 0 Å². The van der Waals surface area contributed by atoms with Gasteiger partial charge in [0.05, 0.1) is 33.6 Å². The van der Waals surface area contributed by atoms with Crippen LogP contribution >= 0.6 is 11.6 Å². The van der Waals surface area contributed by atoms with E-state index in [4.69, 9.17) is 11.6 Å². The number of hydrogen-bond donors (Lipinski definition) is 2. The monoisotopic (exact) mass is 593 g/mol. The van der Waals surface area contributed by atoms with Crippen molar-refractivity contribution in [1.29, 1.82) is 0 Å². The van der Waals surface area contributed by atoms with E-state index in [1.165, 1.54) is 35.2 Å². The van der Waals surface area contributed by atoms with Gasteiger partial charge >= 0.3 is 12.1 Å². The molecule has 1 aliphatic heterocycles. The molecule has 0 bridgehead atoms. The number of aromatic nitrogens is 2. The first-order chi connectivity index (χ1) is 19.3. The molecule has 3 aromatic rings. The van der Waals surface area contributed by atoms with E-state index in [1.807, 2.05) is 0 Å². The predicted molar refractivity (Wildman–Crippen MR) is 138 cm³/mol. The third-order valence-corrected chi connectivity index (χ3v) is 7.77. The van der Waals surface area contributed by atoms with Gasteiger partial charge in [0.2, 0.25) is 5.91 Å². The van der Waals surface area contributed by atoms with Crippen molar-refractivity contribution in [2.75, 3.05) is 13.1 Å². The molecule has 13 heteroatoms. The normalized spacial score (nSPS) is 17.2. The van der Waals surface area contributed by atoms with Gasteiger partial charge in [0, 0.05) is 43.0 Å². The van der Waals surface area contributed by atoms with Crippen LogP contribution in [-0.4, -0.2) is 68.0 Å². The number of nitrogens with zero attached hydrogens (tertiary/aromatic N) is 3. The van der Waals surface area contributed by atoms with Crippen molar-refractivity contribution >= 4 is 29.4 Å². The highest BCUT2D eigenvalue weighted by molar-refractivity contribution is 6.34. The smallest absolute Gasteiger partial charge is 0.389 e. The van der Waals surface area contributed by atoms with Gasteiger partial charge in [0.25, 0.3) is 5.91 Å². The third-order valence-electron chi connectivity index (χ3n) is 7.45. The van der Waals surface area contributed by atoms with Crippen LogP contribution in [0.1, 0.15) is 50.4 Å². The second-order valence-corrected chi connectivity index (χ2v) is 10.6. The number of benzene rings is 2. The Morgan fingerprint density at radius 3 is 2.49 bits per heavy atom. The maximum absolute atomic E-state index is 15.1. The first-order valence-electron chi connectivity index (χ1n) is 12.8. The number of likely N-dealkylation sites (tertiary alicyclic amines) is 1. The highest BCUT2D eigenvalue weighted by Gasteiger charge is 2.38. The third kappa shape index (κ3) is 5.71. The van der Waals surface area contributed by atoms with E-state index in [0.29, 0.717) is 17.7 Å². The molecule has 2 aliphatic rings. The predicted octanol–water partition coefficient (Wildman–Crippen LogP) is 4.53. The zero-order valence-corrected chi connectivity index (χ0v) is 22.2. The topological polar surface area (TPSA) is 113 Å². The lowest BCUT2D eigenvalue weighted by molar-refractivity contribution is -0.146. The average Bonchev–Trinajstić information content (AvgIpc) is 3.27. The Kier molecular flexibility index (Phi) is 7.64. The molecule has 0 saturated carbocycles. The summed E-state index contributed by atoms with van der Waals surface area (Å²) in [6, 6.07) is 7.44. The van der Waals surface area contributed by atoms with Crippen LogP contribution in [0.5, 0.6) is 0 Å². The van der Waals surface area contributed by atoms with E-state index >= 15 is 4.39 Å². The van der Waals surface area contributed by atoms with Crippen molar-refractivity contribution < 1.29 is 42.2 Å². The number of aliphatic hydroxyl groups excluding tert-OH is 1. The summed E-state index contributed by atoms with van der Waals surface area (Å²) < 4.78 is 55.1. The maximum atomic E-state index is 15.1. The van der Waals surface area contributed by atoms with Gasteiger partial charge in [0.15, 0.2) is 0 Å². The second kappa shape index (κ2) is 10.9. The number of carboxylic acid groups (broad SMARTS) is 1. The van der Waals surface area contributed by atoms with Gasteiger partial charge in [0.1, 0.15) is 5.82 Å². The summed E-state index contributed by atoms with van der Waals surface area (Å²) in [6.45, 7) is 0.379. The summed E-state index contributed by atoms with van der Waals surface area (Å²) >= 11 is 6.32. The summed E-state index contributed by atoms with van der Waals surface area (Å²) in [5.41, 5.74) is 0.345. The number of halogens is 5. The number of aliphatic hydroxyl groups is 1. The van der Waals surface area contributed by atoms with Crippen LogP contribution in [0.15, 0.2) is 36.4 Å². The zero-order valence-electron chi connectivity index (χ0n) is 21.4. The summed E-state index contributed by atoms with van der Waals surface area (Å²) in [4.78, 5) is 39.8. The zero-order chi connectivity index (χ0) is 29.6. The fourth-order valence-electron chi connectivity index (χ4n) is 5.34. The van der Waals surface area contributed by atoms with Crippen molar-refractivity contribution in [3.05, 3.63) is 75.2 Å². The van der Waals surface area contributed by atoms with Crippen LogP contribution < -0.4 is 0 Å². The Morgan fingerprint density at radius 1 is 1.12 bits per heavy atom. The fraction of sp³-hybridized carbons (Fsp3) is 0.357. The van der Waals surface area contributed by atoms with Gasteiger partial charge in [-0.15, -0.1) is 0 Å². The first-order valence-corrected chi connectivity index (χ1v) is 13.2. The number of rotatable bonds is 6. The number of aryl methyl sites for hydroxylation is 1. The molecule has 2 aromatic carbocycles. The molecule has 8 nitrogen and oxygen atoms in total. The molecule has 2 N–H and O–H groups in total. The Balaban J connectivity index is 1.59. The standard InChI is InChI=1S/C28H24ClF4N3O5/c29-20-3-1-2-14(8-9-28(31,32)33)23(20)26(39)36-22-11-15(25(38)35-12-17(37)13-35)4-7-19(22)24(34-36)18-6-5-16(27(40)41)10-21(18)30/h1-3,5-6,10,15,17,37H,4,7-9,11-13H2,(H,40,41). The van der Waals surface area contributed by atoms with Crippen LogP contribution in [0, 0.1) is 11.7 Å². The number of fused-ring (bicyclic) bond motifs is 1. The Morgan fingerprint density at radius 2 is 1.85 bits per heavy atom. The highest BCUT2D eigenvalue weighted by atomic mass is 35.5. The molecule has 1 aromatic heterocycles. The molecule has 2 heterocycles. The van der Waals surface area contributed by atoms with Crippen LogP contribution in [0.4, 0.5) is 17.6 Å². The quantitative estimate of drug-likeness (QED) is 0.406. The molecule has 1 saturated heterocycles. The number of amides is 1. The van der Waals surface area contributed by atoms with Crippen molar-refractivity contribution in [2.45, 2.75) is 44.4 Å². The van der Waals surface area contributed by atoms with Crippen LogP contribution in [0.2, 0.25) is 5.02 Å². The lowest BCUT2D eigenvalue weighted by Crippen LogP contribution is -2.55. The average molecular weight is 594 g/mol. The number of aromatic carboxylic acids is 1.